The summed E-state index contributed by atoms with van der Waals surface area (Å²) in [7, 11) is -0.936. The number of hydrogen-bond donors (Lipinski definition) is 0. The number of benzene rings is 2. The van der Waals surface area contributed by atoms with Crippen LogP contribution in [0.15, 0.2) is 61.2 Å². The average molecular weight is 254 g/mol. The van der Waals surface area contributed by atoms with Crippen LogP contribution in [0.4, 0.5) is 0 Å². The topological polar surface area (TPSA) is 17.1 Å². The lowest BCUT2D eigenvalue weighted by molar-refractivity contribution is 0.681. The molecule has 2 aromatic carbocycles. The zero-order valence-corrected chi connectivity index (χ0v) is 10.8. The minimum absolute atomic E-state index is 0.00426. The monoisotopic (exact) mass is 254 g/mol. The Morgan fingerprint density at radius 1 is 1.00 bits per heavy atom. The summed E-state index contributed by atoms with van der Waals surface area (Å²) >= 11 is 0. The van der Waals surface area contributed by atoms with Crippen molar-refractivity contribution in [1.82, 2.24) is 0 Å². The Morgan fingerprint density at radius 3 is 2.00 bits per heavy atom. The van der Waals surface area contributed by atoms with Gasteiger partial charge in [0.25, 0.3) is 0 Å². The van der Waals surface area contributed by atoms with Crippen molar-refractivity contribution < 1.29 is 4.21 Å². The summed E-state index contributed by atoms with van der Waals surface area (Å²) in [5.41, 5.74) is 4.80. The SMILES string of the molecule is C=CC[S@](=O)C1c2ccccc2-c2ccccc21. The Labute approximate surface area is 110 Å². The Kier molecular flexibility index (Phi) is 2.88. The molecule has 0 aliphatic heterocycles. The molecular formula is C16H14OS. The zero-order valence-electron chi connectivity index (χ0n) is 10.0. The molecule has 1 aliphatic rings. The van der Waals surface area contributed by atoms with Gasteiger partial charge < -0.3 is 0 Å². The molecule has 2 aromatic rings. The predicted octanol–water partition coefficient (Wildman–Crippen LogP) is 3.69. The van der Waals surface area contributed by atoms with Gasteiger partial charge in [-0.25, -0.2) is 0 Å². The van der Waals surface area contributed by atoms with Gasteiger partial charge in [0.05, 0.1) is 5.25 Å². The third kappa shape index (κ3) is 1.65. The first-order valence-electron chi connectivity index (χ1n) is 5.99. The van der Waals surface area contributed by atoms with Crippen molar-refractivity contribution in [2.24, 2.45) is 0 Å². The van der Waals surface area contributed by atoms with Gasteiger partial charge in [-0.2, -0.15) is 0 Å². The Balaban J connectivity index is 2.20. The Morgan fingerprint density at radius 2 is 1.50 bits per heavy atom. The van der Waals surface area contributed by atoms with Crippen molar-refractivity contribution in [1.29, 1.82) is 0 Å². The largest absolute Gasteiger partial charge is 0.258 e. The molecular weight excluding hydrogens is 240 g/mol. The van der Waals surface area contributed by atoms with Gasteiger partial charge >= 0.3 is 0 Å². The molecule has 0 fully saturated rings. The standard InChI is InChI=1S/C16H14OS/c1-2-11-18(17)16-14-9-5-3-7-12(14)13-8-4-6-10-15(13)16/h2-10,16H,1,11H2/t18-/m0/s1. The van der Waals surface area contributed by atoms with Crippen molar-refractivity contribution in [3.05, 3.63) is 72.3 Å². The van der Waals surface area contributed by atoms with Crippen LogP contribution in [0.3, 0.4) is 0 Å². The second-order valence-electron chi connectivity index (χ2n) is 4.39. The van der Waals surface area contributed by atoms with E-state index in [1.54, 1.807) is 6.08 Å². The van der Waals surface area contributed by atoms with Crippen molar-refractivity contribution in [3.63, 3.8) is 0 Å². The molecule has 2 heteroatoms. The van der Waals surface area contributed by atoms with Crippen molar-refractivity contribution >= 4 is 10.8 Å². The van der Waals surface area contributed by atoms with Gasteiger partial charge in [0, 0.05) is 16.6 Å². The van der Waals surface area contributed by atoms with Gasteiger partial charge in [-0.05, 0) is 22.3 Å². The molecule has 0 unspecified atom stereocenters. The van der Waals surface area contributed by atoms with E-state index in [2.05, 4.69) is 30.8 Å². The molecule has 0 aromatic heterocycles. The first-order chi connectivity index (χ1) is 8.83. The second-order valence-corrected chi connectivity index (χ2v) is 5.96. The van der Waals surface area contributed by atoms with Crippen LogP contribution in [0.1, 0.15) is 16.4 Å². The van der Waals surface area contributed by atoms with E-state index in [4.69, 9.17) is 0 Å². The molecule has 1 nitrogen and oxygen atoms in total. The lowest BCUT2D eigenvalue weighted by atomic mass is 10.1. The van der Waals surface area contributed by atoms with Crippen LogP contribution in [-0.4, -0.2) is 9.96 Å². The molecule has 0 saturated heterocycles. The zero-order chi connectivity index (χ0) is 12.5. The number of hydrogen-bond acceptors (Lipinski definition) is 1. The van der Waals surface area contributed by atoms with Gasteiger partial charge in [-0.3, -0.25) is 4.21 Å². The fourth-order valence-electron chi connectivity index (χ4n) is 2.60. The van der Waals surface area contributed by atoms with E-state index in [-0.39, 0.29) is 5.25 Å². The van der Waals surface area contributed by atoms with Crippen LogP contribution in [-0.2, 0) is 10.8 Å². The lowest BCUT2D eigenvalue weighted by Gasteiger charge is -2.11. The van der Waals surface area contributed by atoms with Crippen LogP contribution in [0.25, 0.3) is 11.1 Å². The lowest BCUT2D eigenvalue weighted by Crippen LogP contribution is -2.07. The molecule has 0 radical (unpaired) electrons. The highest BCUT2D eigenvalue weighted by atomic mass is 32.2. The molecule has 1 atom stereocenters. The Hall–Kier alpha value is -1.67. The first kappa shape index (κ1) is 11.4. The summed E-state index contributed by atoms with van der Waals surface area (Å²) in [6, 6.07) is 16.5. The summed E-state index contributed by atoms with van der Waals surface area (Å²) in [4.78, 5) is 0. The van der Waals surface area contributed by atoms with Gasteiger partial charge in [0.15, 0.2) is 0 Å². The maximum absolute atomic E-state index is 12.4. The molecule has 3 rings (SSSR count). The highest BCUT2D eigenvalue weighted by Gasteiger charge is 2.31. The van der Waals surface area contributed by atoms with Gasteiger partial charge in [0.1, 0.15) is 0 Å². The van der Waals surface area contributed by atoms with E-state index >= 15 is 0 Å². The smallest absolute Gasteiger partial charge is 0.0861 e. The summed E-state index contributed by atoms with van der Waals surface area (Å²) < 4.78 is 12.4. The molecule has 18 heavy (non-hydrogen) atoms. The van der Waals surface area contributed by atoms with Crippen molar-refractivity contribution in [3.8, 4) is 11.1 Å². The fraction of sp³-hybridized carbons (Fsp3) is 0.125. The van der Waals surface area contributed by atoms with Crippen molar-refractivity contribution in [2.75, 3.05) is 5.75 Å². The van der Waals surface area contributed by atoms with E-state index < -0.39 is 10.8 Å². The molecule has 1 aliphatic carbocycles. The van der Waals surface area contributed by atoms with Gasteiger partial charge in [-0.15, -0.1) is 6.58 Å². The van der Waals surface area contributed by atoms with E-state index in [9.17, 15) is 4.21 Å². The fourth-order valence-corrected chi connectivity index (χ4v) is 4.01. The Bertz CT molecular complexity index is 585. The molecule has 0 amide bonds. The second kappa shape index (κ2) is 4.54. The number of rotatable bonds is 3. The van der Waals surface area contributed by atoms with Crippen LogP contribution < -0.4 is 0 Å². The van der Waals surface area contributed by atoms with Crippen molar-refractivity contribution in [2.45, 2.75) is 5.25 Å². The summed E-state index contributed by atoms with van der Waals surface area (Å²) in [6.07, 6.45) is 1.74. The minimum atomic E-state index is -0.936. The molecule has 90 valence electrons. The molecule has 0 N–H and O–H groups in total. The number of fused-ring (bicyclic) bond motifs is 3. The van der Waals surface area contributed by atoms with E-state index in [1.165, 1.54) is 22.3 Å². The average Bonchev–Trinajstić information content (AvgIpc) is 2.73. The van der Waals surface area contributed by atoms with Crippen LogP contribution in [0.5, 0.6) is 0 Å². The third-order valence-corrected chi connectivity index (χ3v) is 4.92. The van der Waals surface area contributed by atoms with Crippen LogP contribution in [0.2, 0.25) is 0 Å². The van der Waals surface area contributed by atoms with Crippen LogP contribution >= 0.6 is 0 Å². The highest BCUT2D eigenvalue weighted by Crippen LogP contribution is 2.46. The highest BCUT2D eigenvalue weighted by molar-refractivity contribution is 7.85. The van der Waals surface area contributed by atoms with E-state index in [0.717, 1.165) is 0 Å². The van der Waals surface area contributed by atoms with Crippen LogP contribution in [0, 0.1) is 0 Å². The minimum Gasteiger partial charge on any atom is -0.258 e. The molecule has 0 heterocycles. The summed E-state index contributed by atoms with van der Waals surface area (Å²) in [5.74, 6) is 0.535. The van der Waals surface area contributed by atoms with Gasteiger partial charge in [-0.1, -0.05) is 54.6 Å². The third-order valence-electron chi connectivity index (χ3n) is 3.32. The molecule has 0 bridgehead atoms. The maximum Gasteiger partial charge on any atom is 0.0861 e. The van der Waals surface area contributed by atoms with Gasteiger partial charge in [0.2, 0.25) is 0 Å². The normalized spacial score (nSPS) is 14.9. The molecule has 0 saturated carbocycles. The van der Waals surface area contributed by atoms with E-state index in [1.807, 2.05) is 24.3 Å². The maximum atomic E-state index is 12.4. The summed E-state index contributed by atoms with van der Waals surface area (Å²) in [6.45, 7) is 3.69. The predicted molar refractivity (Wildman–Crippen MR) is 76.9 cm³/mol. The summed E-state index contributed by atoms with van der Waals surface area (Å²) in [5, 5.41) is -0.00426. The molecule has 0 spiro atoms. The quantitative estimate of drug-likeness (QED) is 0.763. The first-order valence-corrected chi connectivity index (χ1v) is 7.37. The van der Waals surface area contributed by atoms with E-state index in [0.29, 0.717) is 5.75 Å².